The second kappa shape index (κ2) is 40.7. The van der Waals surface area contributed by atoms with Gasteiger partial charge >= 0.3 is 11.9 Å². The van der Waals surface area contributed by atoms with Gasteiger partial charge in [0.2, 0.25) is 23.6 Å². The molecule has 60 heavy (non-hydrogen) atoms. The van der Waals surface area contributed by atoms with Gasteiger partial charge < -0.3 is 50.8 Å². The quantitative estimate of drug-likeness (QED) is 0.0448. The molecule has 0 rings (SSSR count). The van der Waals surface area contributed by atoms with E-state index in [0.29, 0.717) is 32.4 Å². The molecule has 4 amide bonds. The van der Waals surface area contributed by atoms with Crippen molar-refractivity contribution in [1.82, 2.24) is 16.0 Å². The number of carbonyl (C=O) groups excluding carboxylic acids is 5. The largest absolute Gasteiger partial charge is 0.481 e. The van der Waals surface area contributed by atoms with E-state index in [9.17, 15) is 38.7 Å². The molecule has 0 spiro atoms. The molecule has 350 valence electrons. The maximum Gasteiger partial charge on any atom is 0.326 e. The van der Waals surface area contributed by atoms with E-state index in [0.717, 1.165) is 51.4 Å². The summed E-state index contributed by atoms with van der Waals surface area (Å²) in [5, 5.41) is 26.1. The molecule has 2 atom stereocenters. The number of hydrogen-bond donors (Lipinski definition) is 6. The van der Waals surface area contributed by atoms with Crippen molar-refractivity contribution in [2.75, 3.05) is 65.9 Å². The van der Waals surface area contributed by atoms with Gasteiger partial charge in [0.15, 0.2) is 0 Å². The van der Waals surface area contributed by atoms with Gasteiger partial charge in [-0.25, -0.2) is 4.79 Å². The highest BCUT2D eigenvalue weighted by molar-refractivity contribution is 5.84. The fraction of sp³-hybridized carbons (Fsp3) is 0.837. The Morgan fingerprint density at radius 2 is 0.983 bits per heavy atom. The highest BCUT2D eigenvalue weighted by Gasteiger charge is 2.21. The molecule has 0 aliphatic heterocycles. The number of primary amides is 1. The van der Waals surface area contributed by atoms with Crippen molar-refractivity contribution in [3.63, 3.8) is 0 Å². The molecule has 0 aliphatic carbocycles. The minimum atomic E-state index is -1.16. The first-order valence-corrected chi connectivity index (χ1v) is 22.3. The van der Waals surface area contributed by atoms with Crippen molar-refractivity contribution in [2.45, 2.75) is 161 Å². The first-order valence-electron chi connectivity index (χ1n) is 22.3. The smallest absolute Gasteiger partial charge is 0.326 e. The van der Waals surface area contributed by atoms with Gasteiger partial charge in [0.25, 0.3) is 0 Å². The van der Waals surface area contributed by atoms with E-state index in [1.807, 2.05) is 0 Å². The second-order valence-electron chi connectivity index (χ2n) is 15.3. The lowest BCUT2D eigenvalue weighted by atomic mass is 10.0. The first-order chi connectivity index (χ1) is 28.9. The maximum atomic E-state index is 12.3. The Morgan fingerprint density at radius 3 is 1.50 bits per heavy atom. The van der Waals surface area contributed by atoms with E-state index in [1.165, 1.54) is 44.9 Å². The number of rotatable bonds is 45. The molecule has 0 fully saturated rings. The first kappa shape index (κ1) is 56.3. The minimum absolute atomic E-state index is 0. The van der Waals surface area contributed by atoms with Crippen LogP contribution in [-0.2, 0) is 52.5 Å². The third kappa shape index (κ3) is 39.8. The molecule has 0 saturated heterocycles. The number of carboxylic acids is 2. The zero-order valence-electron chi connectivity index (χ0n) is 36.5. The second-order valence-corrected chi connectivity index (χ2v) is 15.3. The number of hydrogen-bond acceptors (Lipinski definition) is 11. The number of carbonyl (C=O) groups is 7. The fourth-order valence-corrected chi connectivity index (χ4v) is 6.09. The topological polar surface area (TPSA) is 259 Å². The zero-order chi connectivity index (χ0) is 44.5. The van der Waals surface area contributed by atoms with Crippen LogP contribution in [0.4, 0.5) is 0 Å². The summed E-state index contributed by atoms with van der Waals surface area (Å²) >= 11 is 0. The highest BCUT2D eigenvalue weighted by Crippen LogP contribution is 2.14. The van der Waals surface area contributed by atoms with Crippen LogP contribution in [-0.4, -0.2) is 124 Å². The van der Waals surface area contributed by atoms with E-state index >= 15 is 0 Å². The van der Waals surface area contributed by atoms with Gasteiger partial charge in [-0.05, 0) is 38.5 Å². The van der Waals surface area contributed by atoms with E-state index in [1.54, 1.807) is 6.92 Å². The molecule has 0 aliphatic rings. The normalized spacial score (nSPS) is 12.1. The molecular weight excluding hydrogens is 780 g/mol. The number of Topliss-reactive ketones (excluding diaryl/α,β-unsaturated/α-hetero) is 1. The number of amides is 4. The molecule has 17 heteroatoms. The summed E-state index contributed by atoms with van der Waals surface area (Å²) in [6.45, 7) is 3.85. The Kier molecular flexibility index (Phi) is 38.2. The summed E-state index contributed by atoms with van der Waals surface area (Å²) in [6.07, 6.45) is 18.7. The summed E-state index contributed by atoms with van der Waals surface area (Å²) in [4.78, 5) is 81.5. The third-order valence-electron chi connectivity index (χ3n) is 9.78. The Labute approximate surface area is 359 Å². The molecule has 0 aromatic heterocycles. The van der Waals surface area contributed by atoms with Crippen molar-refractivity contribution in [2.24, 2.45) is 11.7 Å². The number of nitrogens with two attached hydrogens (primary N) is 1. The highest BCUT2D eigenvalue weighted by atomic mass is 16.5. The van der Waals surface area contributed by atoms with Gasteiger partial charge in [-0.15, -0.1) is 0 Å². The van der Waals surface area contributed by atoms with Crippen LogP contribution >= 0.6 is 0 Å². The number of aliphatic carboxylic acids is 2. The Hall–Kier alpha value is -3.67. The van der Waals surface area contributed by atoms with Gasteiger partial charge in [0.1, 0.15) is 25.0 Å². The van der Waals surface area contributed by atoms with E-state index < -0.39 is 18.0 Å². The van der Waals surface area contributed by atoms with Gasteiger partial charge in [-0.3, -0.25) is 28.8 Å². The van der Waals surface area contributed by atoms with Crippen molar-refractivity contribution in [3.05, 3.63) is 0 Å². The van der Waals surface area contributed by atoms with Crippen LogP contribution in [0.25, 0.3) is 0 Å². The Balaban J connectivity index is 0. The van der Waals surface area contributed by atoms with Crippen molar-refractivity contribution in [3.8, 4) is 0 Å². The maximum absolute atomic E-state index is 12.3. The Bertz CT molecular complexity index is 1180. The summed E-state index contributed by atoms with van der Waals surface area (Å²) in [7, 11) is 0. The molecule has 0 heterocycles. The van der Waals surface area contributed by atoms with Crippen LogP contribution in [0, 0.1) is 5.92 Å². The number of ketones is 1. The lowest BCUT2D eigenvalue weighted by Crippen LogP contribution is -2.41. The van der Waals surface area contributed by atoms with Gasteiger partial charge in [0, 0.05) is 52.7 Å². The van der Waals surface area contributed by atoms with Gasteiger partial charge in [0.05, 0.1) is 33.0 Å². The van der Waals surface area contributed by atoms with E-state index in [-0.39, 0.29) is 122 Å². The lowest BCUT2D eigenvalue weighted by molar-refractivity contribution is -0.142. The van der Waals surface area contributed by atoms with Crippen LogP contribution in [0.3, 0.4) is 0 Å². The molecule has 0 saturated carbocycles. The number of unbranched alkanes of at least 4 members (excludes halogenated alkanes) is 14. The average molecular weight is 861 g/mol. The monoisotopic (exact) mass is 861 g/mol. The molecule has 0 bridgehead atoms. The van der Waals surface area contributed by atoms with Crippen molar-refractivity contribution in [1.29, 1.82) is 0 Å². The molecule has 0 unspecified atom stereocenters. The van der Waals surface area contributed by atoms with Crippen LogP contribution < -0.4 is 21.7 Å². The Morgan fingerprint density at radius 1 is 0.500 bits per heavy atom. The predicted octanol–water partition coefficient (Wildman–Crippen LogP) is 4.85. The summed E-state index contributed by atoms with van der Waals surface area (Å²) < 4.78 is 21.4. The predicted molar refractivity (Wildman–Crippen MR) is 228 cm³/mol. The van der Waals surface area contributed by atoms with Crippen LogP contribution in [0.2, 0.25) is 0 Å². The van der Waals surface area contributed by atoms with Gasteiger partial charge in [-0.2, -0.15) is 0 Å². The minimum Gasteiger partial charge on any atom is -0.481 e. The molecule has 7 N–H and O–H groups in total. The van der Waals surface area contributed by atoms with E-state index in [4.69, 9.17) is 29.8 Å². The van der Waals surface area contributed by atoms with Crippen molar-refractivity contribution < 1.29 is 64.1 Å². The summed E-state index contributed by atoms with van der Waals surface area (Å²) in [5.41, 5.74) is 5.22. The van der Waals surface area contributed by atoms with E-state index in [2.05, 4.69) is 16.0 Å². The summed E-state index contributed by atoms with van der Waals surface area (Å²) in [6, 6.07) is -1.10. The SMILES string of the molecule is C[C@@H](CCCCNC(=O)COCCOCCNC(=O)COCCOCCCC(=O)CC[C@H](NC(=O)CCCCCCCCCCCCCCCCC(=O)O)C(=O)O)C(N)=O.[HH]. The zero-order valence-corrected chi connectivity index (χ0v) is 36.5. The fourth-order valence-electron chi connectivity index (χ4n) is 6.09. The molecule has 0 aromatic carbocycles. The van der Waals surface area contributed by atoms with Crippen LogP contribution in [0.5, 0.6) is 0 Å². The summed E-state index contributed by atoms with van der Waals surface area (Å²) in [5.74, 6) is -3.31. The molecule has 0 radical (unpaired) electrons. The number of nitrogens with one attached hydrogen (secondary N) is 3. The van der Waals surface area contributed by atoms with Crippen LogP contribution in [0.15, 0.2) is 0 Å². The van der Waals surface area contributed by atoms with Crippen LogP contribution in [0.1, 0.15) is 156 Å². The third-order valence-corrected chi connectivity index (χ3v) is 9.78. The molecule has 0 aromatic rings. The molecule has 17 nitrogen and oxygen atoms in total. The van der Waals surface area contributed by atoms with Gasteiger partial charge in [-0.1, -0.05) is 90.4 Å². The standard InChI is InChI=1S/C43H78N4O13.H2/c1-35(42(44)54)19-16-17-25-45-39(50)33-60-32-30-58-28-26-46-40(51)34-59-31-29-57-27-18-20-36(48)23-24-37(43(55)56)47-38(49)21-14-12-10-8-6-4-2-3-5-7-9-11-13-15-22-41(52)53;/h35,37H,2-34H2,1H3,(H2,44,54)(H,45,50)(H,46,51)(H,47,49)(H,52,53)(H,55,56);1H/t35-,37-;/m0./s1. The number of ether oxygens (including phenoxy) is 4. The molecular formula is C43H80N4O13. The number of carboxylic acid groups (broad SMARTS) is 2. The lowest BCUT2D eigenvalue weighted by Gasteiger charge is -2.14. The van der Waals surface area contributed by atoms with Crippen molar-refractivity contribution >= 4 is 41.4 Å². The average Bonchev–Trinajstić information content (AvgIpc) is 3.20.